The lowest BCUT2D eigenvalue weighted by Crippen LogP contribution is -2.52. The molecule has 0 amide bonds. The van der Waals surface area contributed by atoms with Gasteiger partial charge >= 0.3 is 0 Å². The van der Waals surface area contributed by atoms with Crippen LogP contribution >= 0.6 is 0 Å². The molecule has 0 radical (unpaired) electrons. The van der Waals surface area contributed by atoms with Crippen LogP contribution in [0.5, 0.6) is 0 Å². The van der Waals surface area contributed by atoms with Crippen LogP contribution in [0.1, 0.15) is 32.1 Å². The standard InChI is InChI=1S/C10H20N2/c1-12-8-10(4-2-5-10)6-3-9(12)7-11/h9H,2-8,11H2,1H3. The van der Waals surface area contributed by atoms with Crippen LogP contribution in [0, 0.1) is 5.41 Å². The summed E-state index contributed by atoms with van der Waals surface area (Å²) in [6.45, 7) is 2.14. The molecule has 0 aromatic carbocycles. The lowest BCUT2D eigenvalue weighted by Gasteiger charge is -2.50. The Morgan fingerprint density at radius 2 is 2.17 bits per heavy atom. The van der Waals surface area contributed by atoms with Gasteiger partial charge in [0.05, 0.1) is 0 Å². The second-order valence-electron chi connectivity index (χ2n) is 4.70. The van der Waals surface area contributed by atoms with Crippen molar-refractivity contribution in [1.82, 2.24) is 4.90 Å². The molecular formula is C10H20N2. The fourth-order valence-electron chi connectivity index (χ4n) is 2.81. The van der Waals surface area contributed by atoms with Crippen molar-refractivity contribution in [1.29, 1.82) is 0 Å². The summed E-state index contributed by atoms with van der Waals surface area (Å²) in [6, 6.07) is 0.663. The van der Waals surface area contributed by atoms with Crippen molar-refractivity contribution in [2.45, 2.75) is 38.1 Å². The van der Waals surface area contributed by atoms with Crippen LogP contribution in [-0.4, -0.2) is 31.1 Å². The van der Waals surface area contributed by atoms with Gasteiger partial charge < -0.3 is 10.6 Å². The van der Waals surface area contributed by atoms with Crippen molar-refractivity contribution in [3.63, 3.8) is 0 Å². The van der Waals surface area contributed by atoms with Gasteiger partial charge in [0.15, 0.2) is 0 Å². The van der Waals surface area contributed by atoms with Crippen molar-refractivity contribution in [2.24, 2.45) is 11.1 Å². The van der Waals surface area contributed by atoms with Crippen LogP contribution in [0.15, 0.2) is 0 Å². The molecule has 1 saturated carbocycles. The molecule has 12 heavy (non-hydrogen) atoms. The minimum atomic E-state index is 0.663. The van der Waals surface area contributed by atoms with Crippen molar-refractivity contribution < 1.29 is 0 Å². The molecule has 0 bridgehead atoms. The molecule has 1 saturated heterocycles. The van der Waals surface area contributed by atoms with E-state index in [9.17, 15) is 0 Å². The molecule has 1 spiro atoms. The Kier molecular flexibility index (Phi) is 2.13. The maximum atomic E-state index is 5.70. The van der Waals surface area contributed by atoms with Crippen LogP contribution in [0.3, 0.4) is 0 Å². The van der Waals surface area contributed by atoms with Crippen LogP contribution < -0.4 is 5.73 Å². The van der Waals surface area contributed by atoms with Crippen molar-refractivity contribution >= 4 is 0 Å². The number of hydrogen-bond donors (Lipinski definition) is 1. The molecule has 2 nitrogen and oxygen atoms in total. The van der Waals surface area contributed by atoms with Crippen molar-refractivity contribution in [3.8, 4) is 0 Å². The monoisotopic (exact) mass is 168 g/mol. The van der Waals surface area contributed by atoms with Crippen LogP contribution in [0.25, 0.3) is 0 Å². The number of hydrogen-bond acceptors (Lipinski definition) is 2. The largest absolute Gasteiger partial charge is 0.329 e. The lowest BCUT2D eigenvalue weighted by atomic mass is 9.63. The van der Waals surface area contributed by atoms with E-state index in [-0.39, 0.29) is 0 Å². The first-order chi connectivity index (χ1) is 5.76. The zero-order chi connectivity index (χ0) is 8.60. The maximum absolute atomic E-state index is 5.70. The second kappa shape index (κ2) is 3.00. The Hall–Kier alpha value is -0.0800. The van der Waals surface area contributed by atoms with E-state index in [0.717, 1.165) is 12.0 Å². The van der Waals surface area contributed by atoms with Gasteiger partial charge in [-0.15, -0.1) is 0 Å². The number of piperidine rings is 1. The third-order valence-electron chi connectivity index (χ3n) is 3.90. The highest BCUT2D eigenvalue weighted by Crippen LogP contribution is 2.48. The van der Waals surface area contributed by atoms with E-state index in [0.29, 0.717) is 6.04 Å². The fraction of sp³-hybridized carbons (Fsp3) is 1.00. The smallest absolute Gasteiger partial charge is 0.0215 e. The molecule has 2 heteroatoms. The van der Waals surface area contributed by atoms with Gasteiger partial charge in [0, 0.05) is 19.1 Å². The number of nitrogens with two attached hydrogens (primary N) is 1. The second-order valence-corrected chi connectivity index (χ2v) is 4.70. The minimum Gasteiger partial charge on any atom is -0.329 e. The summed E-state index contributed by atoms with van der Waals surface area (Å²) in [5, 5.41) is 0. The zero-order valence-electron chi connectivity index (χ0n) is 8.05. The Balaban J connectivity index is 1.94. The molecule has 1 heterocycles. The van der Waals surface area contributed by atoms with Crippen molar-refractivity contribution in [2.75, 3.05) is 20.1 Å². The molecular weight excluding hydrogens is 148 g/mol. The predicted octanol–water partition coefficient (Wildman–Crippen LogP) is 1.21. The van der Waals surface area contributed by atoms with E-state index >= 15 is 0 Å². The number of rotatable bonds is 1. The maximum Gasteiger partial charge on any atom is 0.0215 e. The highest BCUT2D eigenvalue weighted by molar-refractivity contribution is 4.95. The summed E-state index contributed by atoms with van der Waals surface area (Å²) >= 11 is 0. The normalized spacial score (nSPS) is 35.0. The molecule has 0 aromatic heterocycles. The Morgan fingerprint density at radius 3 is 2.58 bits per heavy atom. The van der Waals surface area contributed by atoms with Crippen molar-refractivity contribution in [3.05, 3.63) is 0 Å². The number of nitrogens with zero attached hydrogens (tertiary/aromatic N) is 1. The zero-order valence-corrected chi connectivity index (χ0v) is 8.05. The summed E-state index contributed by atoms with van der Waals surface area (Å²) in [5.74, 6) is 0. The van der Waals surface area contributed by atoms with Gasteiger partial charge in [-0.25, -0.2) is 0 Å². The van der Waals surface area contributed by atoms with Crippen LogP contribution in [-0.2, 0) is 0 Å². The summed E-state index contributed by atoms with van der Waals surface area (Å²) in [6.07, 6.45) is 7.15. The molecule has 2 N–H and O–H groups in total. The highest BCUT2D eigenvalue weighted by Gasteiger charge is 2.41. The summed E-state index contributed by atoms with van der Waals surface area (Å²) < 4.78 is 0. The first-order valence-electron chi connectivity index (χ1n) is 5.16. The van der Waals surface area contributed by atoms with E-state index in [1.807, 2.05) is 0 Å². The number of likely N-dealkylation sites (tertiary alicyclic amines) is 1. The fourth-order valence-corrected chi connectivity index (χ4v) is 2.81. The third kappa shape index (κ3) is 1.27. The highest BCUT2D eigenvalue weighted by atomic mass is 15.2. The van der Waals surface area contributed by atoms with Gasteiger partial charge in [-0.3, -0.25) is 0 Å². The van der Waals surface area contributed by atoms with Gasteiger partial charge in [-0.05, 0) is 38.1 Å². The minimum absolute atomic E-state index is 0.663. The lowest BCUT2D eigenvalue weighted by molar-refractivity contribution is 0.00474. The molecule has 1 aliphatic carbocycles. The molecule has 0 aromatic rings. The van der Waals surface area contributed by atoms with E-state index in [1.54, 1.807) is 0 Å². The Labute approximate surface area is 75.1 Å². The van der Waals surface area contributed by atoms with E-state index in [1.165, 1.54) is 38.6 Å². The molecule has 2 rings (SSSR count). The van der Waals surface area contributed by atoms with E-state index in [2.05, 4.69) is 11.9 Å². The third-order valence-corrected chi connectivity index (χ3v) is 3.90. The van der Waals surface area contributed by atoms with Gasteiger partial charge in [-0.1, -0.05) is 6.42 Å². The van der Waals surface area contributed by atoms with Gasteiger partial charge in [0.1, 0.15) is 0 Å². The average Bonchev–Trinajstić information content (AvgIpc) is 2.01. The van der Waals surface area contributed by atoms with E-state index < -0.39 is 0 Å². The topological polar surface area (TPSA) is 29.3 Å². The summed E-state index contributed by atoms with van der Waals surface area (Å²) in [4.78, 5) is 2.47. The van der Waals surface area contributed by atoms with E-state index in [4.69, 9.17) is 5.73 Å². The molecule has 2 aliphatic rings. The van der Waals surface area contributed by atoms with Gasteiger partial charge in [-0.2, -0.15) is 0 Å². The molecule has 70 valence electrons. The summed E-state index contributed by atoms with van der Waals surface area (Å²) in [5.41, 5.74) is 6.42. The van der Waals surface area contributed by atoms with Crippen LogP contribution in [0.2, 0.25) is 0 Å². The predicted molar refractivity (Wildman–Crippen MR) is 51.0 cm³/mol. The quantitative estimate of drug-likeness (QED) is 0.637. The van der Waals surface area contributed by atoms with Gasteiger partial charge in [0.2, 0.25) is 0 Å². The number of likely N-dealkylation sites (N-methyl/N-ethyl adjacent to an activating group) is 1. The first kappa shape index (κ1) is 8.52. The Bertz CT molecular complexity index is 163. The molecule has 2 fully saturated rings. The summed E-state index contributed by atoms with van der Waals surface area (Å²) in [7, 11) is 2.23. The molecule has 1 aliphatic heterocycles. The van der Waals surface area contributed by atoms with Crippen LogP contribution in [0.4, 0.5) is 0 Å². The molecule has 1 atom stereocenters. The molecule has 1 unspecified atom stereocenters. The van der Waals surface area contributed by atoms with Gasteiger partial charge in [0.25, 0.3) is 0 Å². The first-order valence-corrected chi connectivity index (χ1v) is 5.16. The SMILES string of the molecule is CN1CC2(CCC2)CCC1CN. The Morgan fingerprint density at radius 1 is 1.42 bits per heavy atom. The average molecular weight is 168 g/mol.